The molecule has 0 unspecified atom stereocenters. The smallest absolute Gasteiger partial charge is 0.310 e. The predicted octanol–water partition coefficient (Wildman–Crippen LogP) is -1.31. The Kier molecular flexibility index (Phi) is 4.91. The molecule has 0 aromatic heterocycles. The minimum absolute atomic E-state index is 0.152. The predicted molar refractivity (Wildman–Crippen MR) is 102 cm³/mol. The van der Waals surface area contributed by atoms with Crippen molar-refractivity contribution >= 4 is 20.6 Å². The highest BCUT2D eigenvalue weighted by atomic mass is 32.2. The Balaban J connectivity index is 1.26. The van der Waals surface area contributed by atoms with Gasteiger partial charge in [-0.3, -0.25) is 0 Å². The van der Waals surface area contributed by atoms with Crippen LogP contribution < -0.4 is 0 Å². The van der Waals surface area contributed by atoms with Crippen LogP contribution in [0.25, 0.3) is 0 Å². The van der Waals surface area contributed by atoms with Crippen LogP contribution in [0.3, 0.4) is 0 Å². The Hall–Kier alpha value is -0.340. The van der Waals surface area contributed by atoms with Crippen molar-refractivity contribution in [3.8, 4) is 0 Å². The highest BCUT2D eigenvalue weighted by Gasteiger charge is 2.56. The van der Waals surface area contributed by atoms with Gasteiger partial charge in [0.15, 0.2) is 0 Å². The number of hydrogen-bond donors (Lipinski definition) is 2. The lowest BCUT2D eigenvalue weighted by molar-refractivity contribution is -1.04. The molecule has 6 aliphatic rings. The summed E-state index contributed by atoms with van der Waals surface area (Å²) in [4.78, 5) is 0. The van der Waals surface area contributed by atoms with E-state index in [9.17, 15) is 25.9 Å². The molecule has 6 aliphatic heterocycles. The van der Waals surface area contributed by atoms with Crippen LogP contribution in [0.5, 0.6) is 0 Å². The van der Waals surface area contributed by atoms with Crippen LogP contribution in [0.4, 0.5) is 0 Å². The van der Waals surface area contributed by atoms with Gasteiger partial charge >= 0.3 is 20.6 Å². The molecule has 6 heterocycles. The van der Waals surface area contributed by atoms with Gasteiger partial charge in [0.25, 0.3) is 0 Å². The molecule has 162 valence electrons. The van der Waals surface area contributed by atoms with Crippen LogP contribution in [0.1, 0.15) is 12.8 Å². The minimum Gasteiger partial charge on any atom is -0.310 e. The molecule has 0 saturated carbocycles. The molecule has 0 amide bonds. The van der Waals surface area contributed by atoms with E-state index in [1.54, 1.807) is 0 Å². The summed E-state index contributed by atoms with van der Waals surface area (Å²) in [7, 11) is -8.05. The first-order valence-corrected chi connectivity index (χ1v) is 13.1. The van der Waals surface area contributed by atoms with Crippen LogP contribution in [-0.2, 0) is 20.6 Å². The van der Waals surface area contributed by atoms with Crippen LogP contribution >= 0.6 is 0 Å². The third-order valence-corrected chi connectivity index (χ3v) is 11.4. The first kappa shape index (κ1) is 20.9. The van der Waals surface area contributed by atoms with Gasteiger partial charge < -0.3 is 8.97 Å². The maximum absolute atomic E-state index is 11.7. The number of fused-ring (bicyclic) bond motifs is 6. The molecule has 6 rings (SSSR count). The van der Waals surface area contributed by atoms with Gasteiger partial charge in [-0.05, 0) is 0 Å². The molecule has 10 nitrogen and oxygen atoms in total. The van der Waals surface area contributed by atoms with Crippen molar-refractivity contribution in [3.63, 3.8) is 0 Å². The van der Waals surface area contributed by atoms with Gasteiger partial charge in [-0.25, -0.2) is 9.11 Å². The van der Waals surface area contributed by atoms with E-state index in [-0.39, 0.29) is 7.78 Å². The molecule has 0 radical (unpaired) electrons. The van der Waals surface area contributed by atoms with Crippen molar-refractivity contribution in [2.45, 2.75) is 12.8 Å². The summed E-state index contributed by atoms with van der Waals surface area (Å²) in [5.74, 6) is 0. The molecule has 4 bridgehead atoms. The van der Waals surface area contributed by atoms with Crippen molar-refractivity contribution in [2.24, 2.45) is 0 Å². The number of hydrogen-bond acceptors (Lipinski definition) is 4. The first-order valence-electron chi connectivity index (χ1n) is 10.3. The summed E-state index contributed by atoms with van der Waals surface area (Å²) in [5.41, 5.74) is 0. The van der Waals surface area contributed by atoms with Crippen molar-refractivity contribution in [1.29, 1.82) is 0 Å². The monoisotopic (exact) mass is 442 g/mol. The average molecular weight is 443 g/mol. The lowest BCUT2D eigenvalue weighted by atomic mass is 10.1. The first-order chi connectivity index (χ1) is 12.9. The fourth-order valence-electron chi connectivity index (χ4n) is 5.97. The van der Waals surface area contributed by atoms with E-state index in [0.717, 1.165) is 74.2 Å². The third kappa shape index (κ3) is 3.31. The number of quaternary nitrogens is 4. The second kappa shape index (κ2) is 6.58. The van der Waals surface area contributed by atoms with Gasteiger partial charge in [-0.1, -0.05) is 0 Å². The van der Waals surface area contributed by atoms with Gasteiger partial charge in [0.1, 0.15) is 78.5 Å². The highest BCUT2D eigenvalue weighted by Crippen LogP contribution is 2.32. The molecule has 0 aromatic rings. The van der Waals surface area contributed by atoms with Crippen molar-refractivity contribution in [3.05, 3.63) is 0 Å². The quantitative estimate of drug-likeness (QED) is 0.288. The number of unbranched alkanes of at least 4 members (excludes halogenated alkanes) is 1. The van der Waals surface area contributed by atoms with Gasteiger partial charge in [0.2, 0.25) is 0 Å². The number of rotatable bonds is 7. The van der Waals surface area contributed by atoms with E-state index < -0.39 is 20.6 Å². The topological polar surface area (TPSA) is 109 Å². The Morgan fingerprint density at radius 3 is 0.964 bits per heavy atom. The average Bonchev–Trinajstić information content (AvgIpc) is 2.67. The lowest BCUT2D eigenvalue weighted by Gasteiger charge is -2.53. The molecule has 2 N–H and O–H groups in total. The van der Waals surface area contributed by atoms with E-state index in [1.165, 1.54) is 0 Å². The van der Waals surface area contributed by atoms with Gasteiger partial charge in [0.05, 0.1) is 13.1 Å². The summed E-state index contributed by atoms with van der Waals surface area (Å²) in [6.45, 7) is 10.0. The van der Waals surface area contributed by atoms with Gasteiger partial charge in [0, 0.05) is 12.8 Å². The van der Waals surface area contributed by atoms with Crippen LogP contribution in [0.2, 0.25) is 0 Å². The normalized spacial score (nSPS) is 43.4. The molecule has 6 fully saturated rings. The summed E-state index contributed by atoms with van der Waals surface area (Å²) >= 11 is 0. The molecule has 0 atom stereocenters. The Bertz CT molecular complexity index is 724. The van der Waals surface area contributed by atoms with E-state index in [1.807, 2.05) is 0 Å². The van der Waals surface area contributed by atoms with Crippen LogP contribution in [-0.4, -0.2) is 134 Å². The summed E-state index contributed by atoms with van der Waals surface area (Å²) in [6, 6.07) is 0. The standard InChI is InChI=1S/C16H32N4O6S2/c21-27(22,23)19-11-5-17(6-12-19,7-13-19)3-1-2-4-18-8-14-20(15-9-18,16-10-18)28(24,25)26/h1-16H2/q+2/p+2. The maximum atomic E-state index is 11.7. The van der Waals surface area contributed by atoms with Gasteiger partial charge in [-0.15, -0.1) is 16.8 Å². The van der Waals surface area contributed by atoms with E-state index >= 15 is 0 Å². The molecule has 0 aromatic carbocycles. The summed E-state index contributed by atoms with van der Waals surface area (Å²) in [6.07, 6.45) is 2.17. The molecular formula is C16H34N4O6S2+4. The second-order valence-electron chi connectivity index (χ2n) is 9.53. The van der Waals surface area contributed by atoms with Crippen molar-refractivity contribution < 1.29 is 42.7 Å². The molecular weight excluding hydrogens is 408 g/mol. The summed E-state index contributed by atoms with van der Waals surface area (Å²) < 4.78 is 67.7. The molecule has 0 spiro atoms. The SMILES string of the molecule is O=S(=O)(O)[N+]12CC[N+](CCCC[N+]34CC[N+](S(=O)(=O)O)(CC3)CC4)(CC1)CC2. The molecule has 12 heteroatoms. The second-order valence-corrected chi connectivity index (χ2v) is 12.9. The van der Waals surface area contributed by atoms with Crippen molar-refractivity contribution in [1.82, 2.24) is 0 Å². The number of nitrogens with zero attached hydrogens (tertiary/aromatic N) is 4. The Morgan fingerprint density at radius 1 is 0.500 bits per heavy atom. The van der Waals surface area contributed by atoms with Gasteiger partial charge in [-0.2, -0.15) is 7.78 Å². The fourth-order valence-corrected chi connectivity index (χ4v) is 7.84. The molecule has 0 aliphatic carbocycles. The third-order valence-electron chi connectivity index (χ3n) is 8.38. The zero-order chi connectivity index (χ0) is 20.3. The zero-order valence-electron chi connectivity index (χ0n) is 16.4. The largest absolute Gasteiger partial charge is 0.433 e. The van der Waals surface area contributed by atoms with Crippen LogP contribution in [0, 0.1) is 0 Å². The number of piperazine rings is 6. The lowest BCUT2D eigenvalue weighted by Crippen LogP contribution is -2.76. The van der Waals surface area contributed by atoms with E-state index in [2.05, 4.69) is 0 Å². The minimum atomic E-state index is -4.03. The Morgan fingerprint density at radius 2 is 0.750 bits per heavy atom. The summed E-state index contributed by atoms with van der Waals surface area (Å²) in [5, 5.41) is 0. The Labute approximate surface area is 168 Å². The molecule has 6 saturated heterocycles. The molecule has 28 heavy (non-hydrogen) atoms. The van der Waals surface area contributed by atoms with E-state index in [4.69, 9.17) is 0 Å². The van der Waals surface area contributed by atoms with Crippen LogP contribution in [0.15, 0.2) is 0 Å². The van der Waals surface area contributed by atoms with E-state index in [0.29, 0.717) is 39.3 Å². The highest BCUT2D eigenvalue weighted by molar-refractivity contribution is 7.80. The van der Waals surface area contributed by atoms with Crippen molar-refractivity contribution in [2.75, 3.05) is 91.6 Å². The maximum Gasteiger partial charge on any atom is 0.433 e. The fraction of sp³-hybridized carbons (Fsp3) is 1.00. The zero-order valence-corrected chi connectivity index (χ0v) is 18.1.